The van der Waals surface area contributed by atoms with Crippen LogP contribution >= 0.6 is 11.6 Å². The van der Waals surface area contributed by atoms with Crippen molar-refractivity contribution in [3.05, 3.63) is 34.6 Å². The van der Waals surface area contributed by atoms with Crippen molar-refractivity contribution in [2.75, 3.05) is 25.4 Å². The SMILES string of the molecule is O=C(NCCCN1CCCCS1(=O)=O)c1c(F)cccc1Cl. The minimum atomic E-state index is -3.15. The number of sulfonamides is 1. The van der Waals surface area contributed by atoms with Gasteiger partial charge in [-0.2, -0.15) is 0 Å². The largest absolute Gasteiger partial charge is 0.352 e. The normalized spacial score (nSPS) is 18.1. The molecule has 1 N–H and O–H groups in total. The molecule has 1 heterocycles. The molecule has 122 valence electrons. The second kappa shape index (κ2) is 7.39. The molecule has 22 heavy (non-hydrogen) atoms. The highest BCUT2D eigenvalue weighted by Crippen LogP contribution is 2.18. The van der Waals surface area contributed by atoms with Gasteiger partial charge in [-0.15, -0.1) is 0 Å². The molecule has 8 heteroatoms. The Hall–Kier alpha value is -1.18. The fourth-order valence-corrected chi connectivity index (χ4v) is 4.24. The molecule has 5 nitrogen and oxygen atoms in total. The highest BCUT2D eigenvalue weighted by atomic mass is 35.5. The molecule has 0 spiro atoms. The van der Waals surface area contributed by atoms with Crippen LogP contribution < -0.4 is 5.32 Å². The van der Waals surface area contributed by atoms with Gasteiger partial charge in [0.15, 0.2) is 0 Å². The Morgan fingerprint density at radius 2 is 2.14 bits per heavy atom. The molecule has 1 aromatic rings. The minimum absolute atomic E-state index is 0.0520. The summed E-state index contributed by atoms with van der Waals surface area (Å²) in [7, 11) is -3.15. The van der Waals surface area contributed by atoms with Crippen molar-refractivity contribution in [2.24, 2.45) is 0 Å². The second-order valence-corrected chi connectivity index (χ2v) is 7.62. The first-order valence-corrected chi connectivity index (χ1v) is 9.10. The Labute approximate surface area is 134 Å². The van der Waals surface area contributed by atoms with Crippen LogP contribution in [0.4, 0.5) is 4.39 Å². The molecule has 1 fully saturated rings. The van der Waals surface area contributed by atoms with Gasteiger partial charge in [0.05, 0.1) is 16.3 Å². The number of benzene rings is 1. The Balaban J connectivity index is 1.83. The summed E-state index contributed by atoms with van der Waals surface area (Å²) in [5.41, 5.74) is -0.185. The van der Waals surface area contributed by atoms with Gasteiger partial charge in [0.1, 0.15) is 5.82 Å². The van der Waals surface area contributed by atoms with Gasteiger partial charge in [-0.3, -0.25) is 4.79 Å². The average Bonchev–Trinajstić information content (AvgIpc) is 2.44. The molecule has 0 aromatic heterocycles. The van der Waals surface area contributed by atoms with E-state index < -0.39 is 21.7 Å². The molecular weight excluding hydrogens is 331 g/mol. The van der Waals surface area contributed by atoms with Crippen LogP contribution in [-0.4, -0.2) is 44.0 Å². The quantitative estimate of drug-likeness (QED) is 0.828. The van der Waals surface area contributed by atoms with E-state index in [2.05, 4.69) is 5.32 Å². The Bertz CT molecular complexity index is 631. The lowest BCUT2D eigenvalue weighted by Gasteiger charge is -2.26. The van der Waals surface area contributed by atoms with E-state index in [-0.39, 0.29) is 22.9 Å². The van der Waals surface area contributed by atoms with Gasteiger partial charge in [0.25, 0.3) is 5.91 Å². The van der Waals surface area contributed by atoms with Crippen LogP contribution in [0.2, 0.25) is 5.02 Å². The molecule has 1 aliphatic rings. The Morgan fingerprint density at radius 3 is 2.82 bits per heavy atom. The molecule has 1 aromatic carbocycles. The summed E-state index contributed by atoms with van der Waals surface area (Å²) in [4.78, 5) is 11.9. The molecule has 0 unspecified atom stereocenters. The molecule has 1 aliphatic heterocycles. The summed E-state index contributed by atoms with van der Waals surface area (Å²) in [6.07, 6.45) is 2.02. The molecule has 0 aliphatic carbocycles. The third-order valence-corrected chi connectivity index (χ3v) is 5.78. The molecule has 2 rings (SSSR count). The third kappa shape index (κ3) is 4.18. The fourth-order valence-electron chi connectivity index (χ4n) is 2.35. The highest BCUT2D eigenvalue weighted by molar-refractivity contribution is 7.89. The van der Waals surface area contributed by atoms with E-state index in [4.69, 9.17) is 11.6 Å². The first kappa shape index (κ1) is 17.2. The van der Waals surface area contributed by atoms with Gasteiger partial charge in [-0.1, -0.05) is 17.7 Å². The number of hydrogen-bond donors (Lipinski definition) is 1. The molecule has 0 atom stereocenters. The lowest BCUT2D eigenvalue weighted by Crippen LogP contribution is -2.39. The van der Waals surface area contributed by atoms with E-state index in [1.165, 1.54) is 22.5 Å². The van der Waals surface area contributed by atoms with E-state index in [0.29, 0.717) is 25.9 Å². The number of carbonyl (C=O) groups is 1. The number of rotatable bonds is 5. The molecule has 1 amide bonds. The molecule has 0 radical (unpaired) electrons. The van der Waals surface area contributed by atoms with Crippen molar-refractivity contribution in [3.63, 3.8) is 0 Å². The zero-order chi connectivity index (χ0) is 16.2. The van der Waals surface area contributed by atoms with Crippen LogP contribution in [0.1, 0.15) is 29.6 Å². The lowest BCUT2D eigenvalue weighted by atomic mass is 10.2. The number of nitrogens with one attached hydrogen (secondary N) is 1. The van der Waals surface area contributed by atoms with Crippen molar-refractivity contribution in [2.45, 2.75) is 19.3 Å². The standard InChI is InChI=1S/C14H18ClFN2O3S/c15-11-5-3-6-12(16)13(11)14(19)17-7-4-9-18-8-1-2-10-22(18,20)21/h3,5-6H,1-2,4,7-10H2,(H,17,19). The van der Waals surface area contributed by atoms with Gasteiger partial charge < -0.3 is 5.32 Å². The van der Waals surface area contributed by atoms with Crippen LogP contribution in [0.5, 0.6) is 0 Å². The summed E-state index contributed by atoms with van der Waals surface area (Å²) in [6.45, 7) is 1.14. The zero-order valence-electron chi connectivity index (χ0n) is 12.0. The monoisotopic (exact) mass is 348 g/mol. The summed E-state index contributed by atoms with van der Waals surface area (Å²) >= 11 is 5.81. The van der Waals surface area contributed by atoms with Crippen LogP contribution in [0.3, 0.4) is 0 Å². The van der Waals surface area contributed by atoms with E-state index in [1.54, 1.807) is 0 Å². The summed E-state index contributed by atoms with van der Waals surface area (Å²) < 4.78 is 38.6. The molecular formula is C14H18ClFN2O3S. The maximum absolute atomic E-state index is 13.6. The number of hydrogen-bond acceptors (Lipinski definition) is 3. The van der Waals surface area contributed by atoms with E-state index in [0.717, 1.165) is 6.42 Å². The van der Waals surface area contributed by atoms with Crippen molar-refractivity contribution in [3.8, 4) is 0 Å². The second-order valence-electron chi connectivity index (χ2n) is 5.13. The van der Waals surface area contributed by atoms with Gasteiger partial charge in [0, 0.05) is 19.6 Å². The third-order valence-electron chi connectivity index (χ3n) is 3.51. The maximum Gasteiger partial charge on any atom is 0.255 e. The predicted molar refractivity (Wildman–Crippen MR) is 83.0 cm³/mol. The van der Waals surface area contributed by atoms with Crippen LogP contribution in [0.25, 0.3) is 0 Å². The van der Waals surface area contributed by atoms with Crippen LogP contribution in [0, 0.1) is 5.82 Å². The topological polar surface area (TPSA) is 66.5 Å². The summed E-state index contributed by atoms with van der Waals surface area (Å²) in [5.74, 6) is -1.09. The molecule has 1 saturated heterocycles. The smallest absolute Gasteiger partial charge is 0.255 e. The van der Waals surface area contributed by atoms with E-state index >= 15 is 0 Å². The minimum Gasteiger partial charge on any atom is -0.352 e. The van der Waals surface area contributed by atoms with Gasteiger partial charge in [-0.05, 0) is 31.4 Å². The maximum atomic E-state index is 13.6. The van der Waals surface area contributed by atoms with Crippen LogP contribution in [-0.2, 0) is 10.0 Å². The van der Waals surface area contributed by atoms with Crippen molar-refractivity contribution >= 4 is 27.5 Å². The first-order valence-electron chi connectivity index (χ1n) is 7.12. The van der Waals surface area contributed by atoms with E-state index in [9.17, 15) is 17.6 Å². The average molecular weight is 349 g/mol. The van der Waals surface area contributed by atoms with Crippen LogP contribution in [0.15, 0.2) is 18.2 Å². The number of nitrogens with zero attached hydrogens (tertiary/aromatic N) is 1. The number of halogens is 2. The fraction of sp³-hybridized carbons (Fsp3) is 0.500. The summed E-state index contributed by atoms with van der Waals surface area (Å²) in [6, 6.07) is 4.04. The zero-order valence-corrected chi connectivity index (χ0v) is 13.6. The first-order chi connectivity index (χ1) is 10.4. The number of amides is 1. The van der Waals surface area contributed by atoms with E-state index in [1.807, 2.05) is 0 Å². The molecule has 0 bridgehead atoms. The predicted octanol–water partition coefficient (Wildman–Crippen LogP) is 2.02. The lowest BCUT2D eigenvalue weighted by molar-refractivity contribution is 0.0949. The molecule has 0 saturated carbocycles. The Kier molecular flexibility index (Phi) is 5.77. The van der Waals surface area contributed by atoms with Crippen molar-refractivity contribution in [1.82, 2.24) is 9.62 Å². The Morgan fingerprint density at radius 1 is 1.36 bits per heavy atom. The summed E-state index contributed by atoms with van der Waals surface area (Å²) in [5, 5.41) is 2.61. The number of carbonyl (C=O) groups excluding carboxylic acids is 1. The van der Waals surface area contributed by atoms with Gasteiger partial charge in [-0.25, -0.2) is 17.1 Å². The highest BCUT2D eigenvalue weighted by Gasteiger charge is 2.25. The van der Waals surface area contributed by atoms with Gasteiger partial charge in [0.2, 0.25) is 10.0 Å². The van der Waals surface area contributed by atoms with Crippen molar-refractivity contribution in [1.29, 1.82) is 0 Å². The van der Waals surface area contributed by atoms with Gasteiger partial charge >= 0.3 is 0 Å². The van der Waals surface area contributed by atoms with Crippen molar-refractivity contribution < 1.29 is 17.6 Å².